The van der Waals surface area contributed by atoms with Gasteiger partial charge in [0.15, 0.2) is 0 Å². The van der Waals surface area contributed by atoms with Crippen molar-refractivity contribution in [2.75, 3.05) is 19.6 Å². The zero-order valence-corrected chi connectivity index (χ0v) is 15.2. The van der Waals surface area contributed by atoms with E-state index in [2.05, 4.69) is 0 Å². The van der Waals surface area contributed by atoms with Crippen molar-refractivity contribution in [3.63, 3.8) is 0 Å². The minimum absolute atomic E-state index is 0.0575. The van der Waals surface area contributed by atoms with Crippen LogP contribution in [0.4, 0.5) is 0 Å². The maximum atomic E-state index is 12.9. The summed E-state index contributed by atoms with van der Waals surface area (Å²) in [5, 5.41) is 9.46. The number of carbonyl (C=O) groups is 3. The summed E-state index contributed by atoms with van der Waals surface area (Å²) in [7, 11) is 0. The normalized spacial score (nSPS) is 28.6. The number of likely N-dealkylation sites (tertiary alicyclic amines) is 2. The lowest BCUT2D eigenvalue weighted by Crippen LogP contribution is -2.55. The van der Waals surface area contributed by atoms with Crippen LogP contribution in [0, 0.1) is 17.3 Å². The molecule has 6 nitrogen and oxygen atoms in total. The van der Waals surface area contributed by atoms with Gasteiger partial charge in [-0.3, -0.25) is 9.59 Å². The summed E-state index contributed by atoms with van der Waals surface area (Å²) in [6, 6.07) is -0.727. The molecular weight excluding hydrogens is 308 g/mol. The molecule has 0 aromatic carbocycles. The van der Waals surface area contributed by atoms with Crippen LogP contribution >= 0.6 is 0 Å². The molecule has 6 heteroatoms. The number of carboxylic acid groups (broad SMARTS) is 1. The number of amides is 2. The quantitative estimate of drug-likeness (QED) is 0.835. The Morgan fingerprint density at radius 3 is 2.33 bits per heavy atom. The molecule has 0 bridgehead atoms. The Morgan fingerprint density at radius 1 is 1.08 bits per heavy atom. The van der Waals surface area contributed by atoms with E-state index < -0.39 is 17.4 Å². The molecule has 2 amide bonds. The lowest BCUT2D eigenvalue weighted by molar-refractivity contribution is -0.157. The van der Waals surface area contributed by atoms with Gasteiger partial charge in [0.05, 0.1) is 5.92 Å². The van der Waals surface area contributed by atoms with Crippen LogP contribution in [0.15, 0.2) is 0 Å². The van der Waals surface area contributed by atoms with Gasteiger partial charge in [0.25, 0.3) is 0 Å². The lowest BCUT2D eigenvalue weighted by atomic mass is 9.88. The Kier molecular flexibility index (Phi) is 5.56. The SMILES string of the molecule is CC1CCN(C(=O)C2CCCN(C(=O)C(C)(C)C)C2)C(C(=O)O)C1. The molecule has 3 unspecified atom stereocenters. The highest BCUT2D eigenvalue weighted by atomic mass is 16.4. The van der Waals surface area contributed by atoms with Crippen LogP contribution in [0.5, 0.6) is 0 Å². The molecule has 2 rings (SSSR count). The van der Waals surface area contributed by atoms with Crippen LogP contribution in [0.1, 0.15) is 53.4 Å². The highest BCUT2D eigenvalue weighted by molar-refractivity contribution is 5.87. The smallest absolute Gasteiger partial charge is 0.326 e. The van der Waals surface area contributed by atoms with Crippen molar-refractivity contribution in [1.82, 2.24) is 9.80 Å². The van der Waals surface area contributed by atoms with Crippen LogP contribution in [0.25, 0.3) is 0 Å². The molecule has 2 heterocycles. The van der Waals surface area contributed by atoms with Gasteiger partial charge in [-0.2, -0.15) is 0 Å². The van der Waals surface area contributed by atoms with Gasteiger partial charge in [-0.1, -0.05) is 27.7 Å². The van der Waals surface area contributed by atoms with Crippen LogP contribution in [0.2, 0.25) is 0 Å². The summed E-state index contributed by atoms with van der Waals surface area (Å²) in [6.07, 6.45) is 2.87. The first kappa shape index (κ1) is 18.7. The van der Waals surface area contributed by atoms with Crippen LogP contribution in [-0.4, -0.2) is 58.4 Å². The third-order valence-electron chi connectivity index (χ3n) is 5.13. The van der Waals surface area contributed by atoms with Gasteiger partial charge in [-0.15, -0.1) is 0 Å². The van der Waals surface area contributed by atoms with E-state index in [1.165, 1.54) is 4.90 Å². The molecule has 0 spiro atoms. The van der Waals surface area contributed by atoms with Crippen molar-refractivity contribution in [3.05, 3.63) is 0 Å². The Bertz CT molecular complexity index is 512. The fraction of sp³-hybridized carbons (Fsp3) is 0.833. The summed E-state index contributed by atoms with van der Waals surface area (Å²) < 4.78 is 0. The number of hydrogen-bond donors (Lipinski definition) is 1. The summed E-state index contributed by atoms with van der Waals surface area (Å²) in [5.74, 6) is -0.920. The van der Waals surface area contributed by atoms with Gasteiger partial charge in [-0.05, 0) is 31.6 Å². The molecule has 0 aliphatic carbocycles. The van der Waals surface area contributed by atoms with E-state index in [1.807, 2.05) is 27.7 Å². The van der Waals surface area contributed by atoms with Gasteiger partial charge in [0.1, 0.15) is 6.04 Å². The average molecular weight is 338 g/mol. The molecule has 136 valence electrons. The molecule has 2 aliphatic heterocycles. The summed E-state index contributed by atoms with van der Waals surface area (Å²) in [4.78, 5) is 40.3. The van der Waals surface area contributed by atoms with Crippen LogP contribution in [0.3, 0.4) is 0 Å². The zero-order chi connectivity index (χ0) is 18.1. The minimum Gasteiger partial charge on any atom is -0.480 e. The van der Waals surface area contributed by atoms with Crippen LogP contribution in [-0.2, 0) is 14.4 Å². The Hall–Kier alpha value is -1.59. The number of rotatable bonds is 2. The van der Waals surface area contributed by atoms with E-state index in [1.54, 1.807) is 4.90 Å². The Balaban J connectivity index is 2.08. The molecule has 3 atom stereocenters. The minimum atomic E-state index is -0.923. The summed E-state index contributed by atoms with van der Waals surface area (Å²) in [6.45, 7) is 9.27. The van der Waals surface area contributed by atoms with E-state index in [-0.39, 0.29) is 17.7 Å². The second-order valence-corrected chi connectivity index (χ2v) is 8.36. The van der Waals surface area contributed by atoms with Gasteiger partial charge in [-0.25, -0.2) is 4.79 Å². The third-order valence-corrected chi connectivity index (χ3v) is 5.13. The van der Waals surface area contributed by atoms with Crippen molar-refractivity contribution in [1.29, 1.82) is 0 Å². The standard InChI is InChI=1S/C18H30N2O4/c1-12-7-9-20(14(10-12)16(22)23)15(21)13-6-5-8-19(11-13)17(24)18(2,3)4/h12-14H,5-11H2,1-4H3,(H,22,23). The molecule has 1 N–H and O–H groups in total. The lowest BCUT2D eigenvalue weighted by Gasteiger charge is -2.41. The van der Waals surface area contributed by atoms with Gasteiger partial charge >= 0.3 is 5.97 Å². The number of nitrogens with zero attached hydrogens (tertiary/aromatic N) is 2. The molecule has 0 aromatic rings. The summed E-state index contributed by atoms with van der Waals surface area (Å²) >= 11 is 0. The monoisotopic (exact) mass is 338 g/mol. The third kappa shape index (κ3) is 4.08. The second-order valence-electron chi connectivity index (χ2n) is 8.36. The average Bonchev–Trinajstić information content (AvgIpc) is 2.52. The molecule has 2 saturated heterocycles. The second kappa shape index (κ2) is 7.11. The number of hydrogen-bond acceptors (Lipinski definition) is 3. The van der Waals surface area contributed by atoms with Gasteiger partial charge in [0, 0.05) is 25.0 Å². The summed E-state index contributed by atoms with van der Waals surface area (Å²) in [5.41, 5.74) is -0.463. The van der Waals surface area contributed by atoms with Crippen LogP contribution < -0.4 is 0 Å². The maximum absolute atomic E-state index is 12.9. The van der Waals surface area contributed by atoms with Crippen molar-refractivity contribution in [3.8, 4) is 0 Å². The van der Waals surface area contributed by atoms with Crippen molar-refractivity contribution >= 4 is 17.8 Å². The first-order valence-electron chi connectivity index (χ1n) is 8.94. The van der Waals surface area contributed by atoms with Crippen molar-refractivity contribution < 1.29 is 19.5 Å². The Morgan fingerprint density at radius 2 is 1.75 bits per heavy atom. The molecular formula is C18H30N2O4. The molecule has 2 aliphatic rings. The highest BCUT2D eigenvalue weighted by Crippen LogP contribution is 2.28. The fourth-order valence-corrected chi connectivity index (χ4v) is 3.71. The molecule has 0 aromatic heterocycles. The fourth-order valence-electron chi connectivity index (χ4n) is 3.71. The van der Waals surface area contributed by atoms with Crippen molar-refractivity contribution in [2.24, 2.45) is 17.3 Å². The first-order valence-corrected chi connectivity index (χ1v) is 8.94. The van der Waals surface area contributed by atoms with Gasteiger partial charge < -0.3 is 14.9 Å². The highest BCUT2D eigenvalue weighted by Gasteiger charge is 2.40. The van der Waals surface area contributed by atoms with Crippen molar-refractivity contribution in [2.45, 2.75) is 59.4 Å². The van der Waals surface area contributed by atoms with E-state index in [4.69, 9.17) is 0 Å². The van der Waals surface area contributed by atoms with Gasteiger partial charge in [0.2, 0.25) is 11.8 Å². The number of carbonyl (C=O) groups excluding carboxylic acids is 2. The number of piperidine rings is 2. The molecule has 24 heavy (non-hydrogen) atoms. The van der Waals surface area contributed by atoms with E-state index >= 15 is 0 Å². The predicted octanol–water partition coefficient (Wildman–Crippen LogP) is 1.98. The van der Waals surface area contributed by atoms with E-state index in [0.717, 1.165) is 19.3 Å². The molecule has 0 saturated carbocycles. The largest absolute Gasteiger partial charge is 0.480 e. The van der Waals surface area contributed by atoms with E-state index in [9.17, 15) is 19.5 Å². The number of aliphatic carboxylic acids is 1. The predicted molar refractivity (Wildman–Crippen MR) is 90.3 cm³/mol. The molecule has 0 radical (unpaired) electrons. The zero-order valence-electron chi connectivity index (χ0n) is 15.2. The molecule has 2 fully saturated rings. The topological polar surface area (TPSA) is 77.9 Å². The first-order chi connectivity index (χ1) is 11.1. The number of carboxylic acids is 1. The Labute approximate surface area is 144 Å². The van der Waals surface area contributed by atoms with E-state index in [0.29, 0.717) is 32.0 Å². The maximum Gasteiger partial charge on any atom is 0.326 e.